The van der Waals surface area contributed by atoms with Gasteiger partial charge < -0.3 is 15.6 Å². The number of hydrogen-bond acceptors (Lipinski definition) is 3. The first-order valence-corrected chi connectivity index (χ1v) is 6.88. The number of halogens is 1. The highest BCUT2D eigenvalue weighted by Crippen LogP contribution is 2.15. The van der Waals surface area contributed by atoms with Crippen molar-refractivity contribution < 1.29 is 14.0 Å². The molecule has 0 unspecified atom stereocenters. The maximum atomic E-state index is 12.8. The Kier molecular flexibility index (Phi) is 4.01. The molecule has 1 aromatic heterocycles. The molecule has 3 aromatic rings. The molecule has 7 heteroatoms. The summed E-state index contributed by atoms with van der Waals surface area (Å²) in [6, 6.07) is 10.8. The van der Waals surface area contributed by atoms with Crippen molar-refractivity contribution in [1.82, 2.24) is 15.3 Å². The highest BCUT2D eigenvalue weighted by atomic mass is 19.1. The van der Waals surface area contributed by atoms with Crippen molar-refractivity contribution in [3.05, 3.63) is 60.2 Å². The monoisotopic (exact) mass is 312 g/mol. The van der Waals surface area contributed by atoms with Crippen LogP contribution < -0.4 is 10.6 Å². The number of benzene rings is 2. The summed E-state index contributed by atoms with van der Waals surface area (Å²) in [6.07, 6.45) is 1.55. The van der Waals surface area contributed by atoms with E-state index in [1.165, 1.54) is 12.1 Å². The first-order valence-electron chi connectivity index (χ1n) is 6.88. The molecule has 23 heavy (non-hydrogen) atoms. The highest BCUT2D eigenvalue weighted by molar-refractivity contribution is 6.39. The van der Waals surface area contributed by atoms with Crippen molar-refractivity contribution in [2.75, 3.05) is 5.32 Å². The van der Waals surface area contributed by atoms with Gasteiger partial charge in [0, 0.05) is 12.2 Å². The van der Waals surface area contributed by atoms with Gasteiger partial charge in [-0.05, 0) is 35.9 Å². The fourth-order valence-corrected chi connectivity index (χ4v) is 2.07. The Morgan fingerprint density at radius 3 is 2.65 bits per heavy atom. The average Bonchev–Trinajstić information content (AvgIpc) is 3.01. The Balaban J connectivity index is 1.58. The highest BCUT2D eigenvalue weighted by Gasteiger charge is 2.13. The van der Waals surface area contributed by atoms with Crippen LogP contribution in [0.25, 0.3) is 11.0 Å². The van der Waals surface area contributed by atoms with E-state index in [1.807, 2.05) is 0 Å². The smallest absolute Gasteiger partial charge is 0.313 e. The van der Waals surface area contributed by atoms with E-state index in [4.69, 9.17) is 0 Å². The molecule has 0 bridgehead atoms. The lowest BCUT2D eigenvalue weighted by Gasteiger charge is -2.07. The van der Waals surface area contributed by atoms with Crippen LogP contribution in [-0.2, 0) is 16.1 Å². The van der Waals surface area contributed by atoms with Crippen LogP contribution in [0.5, 0.6) is 0 Å². The zero-order valence-corrected chi connectivity index (χ0v) is 12.0. The van der Waals surface area contributed by atoms with Crippen LogP contribution in [-0.4, -0.2) is 21.8 Å². The van der Waals surface area contributed by atoms with Crippen molar-refractivity contribution >= 4 is 28.5 Å². The number of carbonyl (C=O) groups is 2. The second kappa shape index (κ2) is 6.27. The van der Waals surface area contributed by atoms with Crippen LogP contribution >= 0.6 is 0 Å². The molecule has 3 rings (SSSR count). The fourth-order valence-electron chi connectivity index (χ4n) is 2.07. The van der Waals surface area contributed by atoms with Crippen molar-refractivity contribution in [3.8, 4) is 0 Å². The summed E-state index contributed by atoms with van der Waals surface area (Å²) in [5.74, 6) is -1.89. The molecule has 6 nitrogen and oxygen atoms in total. The van der Waals surface area contributed by atoms with Crippen molar-refractivity contribution in [3.63, 3.8) is 0 Å². The lowest BCUT2D eigenvalue weighted by Crippen LogP contribution is -2.34. The molecule has 2 amide bonds. The third-order valence-electron chi connectivity index (χ3n) is 3.25. The standard InChI is InChI=1S/C16H13FN4O2/c17-11-3-1-10(2-4-11)8-18-15(22)16(23)21-12-5-6-13-14(7-12)20-9-19-13/h1-7,9H,8H2,(H,18,22)(H,19,20)(H,21,23). The zero-order valence-electron chi connectivity index (χ0n) is 12.0. The van der Waals surface area contributed by atoms with Gasteiger partial charge in [-0.1, -0.05) is 12.1 Å². The van der Waals surface area contributed by atoms with Crippen LogP contribution in [0.3, 0.4) is 0 Å². The second-order valence-corrected chi connectivity index (χ2v) is 4.90. The lowest BCUT2D eigenvalue weighted by atomic mass is 10.2. The number of H-pyrrole nitrogens is 1. The molecule has 0 saturated heterocycles. The molecule has 0 fully saturated rings. The molecular weight excluding hydrogens is 299 g/mol. The van der Waals surface area contributed by atoms with E-state index in [9.17, 15) is 14.0 Å². The van der Waals surface area contributed by atoms with E-state index in [0.717, 1.165) is 11.0 Å². The van der Waals surface area contributed by atoms with Gasteiger partial charge in [0.1, 0.15) is 5.82 Å². The predicted octanol–water partition coefficient (Wildman–Crippen LogP) is 1.96. The summed E-state index contributed by atoms with van der Waals surface area (Å²) in [5.41, 5.74) is 2.72. The van der Waals surface area contributed by atoms with Gasteiger partial charge in [0.05, 0.1) is 17.4 Å². The summed E-state index contributed by atoms with van der Waals surface area (Å²) < 4.78 is 12.8. The van der Waals surface area contributed by atoms with Gasteiger partial charge in [-0.2, -0.15) is 0 Å². The van der Waals surface area contributed by atoms with Crippen LogP contribution in [0.15, 0.2) is 48.8 Å². The Morgan fingerprint density at radius 1 is 1.09 bits per heavy atom. The topological polar surface area (TPSA) is 86.9 Å². The third kappa shape index (κ3) is 3.52. The van der Waals surface area contributed by atoms with E-state index >= 15 is 0 Å². The maximum absolute atomic E-state index is 12.8. The number of aromatic nitrogens is 2. The second-order valence-electron chi connectivity index (χ2n) is 4.90. The van der Waals surface area contributed by atoms with Crippen LogP contribution in [0.1, 0.15) is 5.56 Å². The number of rotatable bonds is 3. The average molecular weight is 312 g/mol. The first kappa shape index (κ1) is 14.7. The molecule has 0 aliphatic carbocycles. The molecule has 0 aliphatic rings. The van der Waals surface area contributed by atoms with Gasteiger partial charge >= 0.3 is 11.8 Å². The Hall–Kier alpha value is -3.22. The van der Waals surface area contributed by atoms with Crippen LogP contribution in [0.2, 0.25) is 0 Å². The molecule has 1 heterocycles. The Labute approximate surface area is 130 Å². The zero-order chi connectivity index (χ0) is 16.2. The predicted molar refractivity (Wildman–Crippen MR) is 83.0 cm³/mol. The van der Waals surface area contributed by atoms with E-state index in [0.29, 0.717) is 11.3 Å². The Bertz CT molecular complexity index is 858. The number of aromatic amines is 1. The molecule has 116 valence electrons. The molecule has 3 N–H and O–H groups in total. The molecule has 0 radical (unpaired) electrons. The number of amides is 2. The largest absolute Gasteiger partial charge is 0.345 e. The van der Waals surface area contributed by atoms with Gasteiger partial charge in [0.25, 0.3) is 0 Å². The van der Waals surface area contributed by atoms with E-state index in [-0.39, 0.29) is 12.4 Å². The number of fused-ring (bicyclic) bond motifs is 1. The minimum Gasteiger partial charge on any atom is -0.345 e. The van der Waals surface area contributed by atoms with E-state index in [1.54, 1.807) is 36.7 Å². The normalized spacial score (nSPS) is 10.5. The summed E-state index contributed by atoms with van der Waals surface area (Å²) in [4.78, 5) is 30.6. The van der Waals surface area contributed by atoms with Gasteiger partial charge in [-0.15, -0.1) is 0 Å². The number of hydrogen-bond donors (Lipinski definition) is 3. The van der Waals surface area contributed by atoms with Gasteiger partial charge in [-0.25, -0.2) is 9.37 Å². The van der Waals surface area contributed by atoms with Crippen molar-refractivity contribution in [2.24, 2.45) is 0 Å². The van der Waals surface area contributed by atoms with Crippen molar-refractivity contribution in [2.45, 2.75) is 6.54 Å². The summed E-state index contributed by atoms with van der Waals surface area (Å²) in [7, 11) is 0. The van der Waals surface area contributed by atoms with Crippen molar-refractivity contribution in [1.29, 1.82) is 0 Å². The summed E-state index contributed by atoms with van der Waals surface area (Å²) in [6.45, 7) is 0.145. The fraction of sp³-hybridized carbons (Fsp3) is 0.0625. The molecular formula is C16H13FN4O2. The molecule has 0 spiro atoms. The summed E-state index contributed by atoms with van der Waals surface area (Å²) >= 11 is 0. The molecule has 2 aromatic carbocycles. The SMILES string of the molecule is O=C(NCc1ccc(F)cc1)C(=O)Nc1ccc2nc[nH]c2c1. The number of carbonyl (C=O) groups excluding carboxylic acids is 2. The lowest BCUT2D eigenvalue weighted by molar-refractivity contribution is -0.136. The quantitative estimate of drug-likeness (QED) is 0.646. The molecule has 0 atom stereocenters. The Morgan fingerprint density at radius 2 is 1.87 bits per heavy atom. The molecule has 0 aliphatic heterocycles. The number of anilines is 1. The summed E-state index contributed by atoms with van der Waals surface area (Å²) in [5, 5.41) is 4.99. The number of nitrogens with one attached hydrogen (secondary N) is 3. The third-order valence-corrected chi connectivity index (χ3v) is 3.25. The minimum atomic E-state index is -0.772. The first-order chi connectivity index (χ1) is 11.1. The van der Waals surface area contributed by atoms with E-state index in [2.05, 4.69) is 20.6 Å². The molecule has 0 saturated carbocycles. The van der Waals surface area contributed by atoms with Gasteiger partial charge in [0.2, 0.25) is 0 Å². The van der Waals surface area contributed by atoms with Gasteiger partial charge in [-0.3, -0.25) is 9.59 Å². The number of nitrogens with zero attached hydrogens (tertiary/aromatic N) is 1. The maximum Gasteiger partial charge on any atom is 0.313 e. The van der Waals surface area contributed by atoms with Gasteiger partial charge in [0.15, 0.2) is 0 Å². The minimum absolute atomic E-state index is 0.145. The number of imidazole rings is 1. The van der Waals surface area contributed by atoms with E-state index < -0.39 is 11.8 Å². The van der Waals surface area contributed by atoms with Crippen LogP contribution in [0, 0.1) is 5.82 Å². The van der Waals surface area contributed by atoms with Crippen LogP contribution in [0.4, 0.5) is 10.1 Å².